The van der Waals surface area contributed by atoms with Gasteiger partial charge in [0.05, 0.1) is 10.2 Å². The molecular formula is C17H10NS. The van der Waals surface area contributed by atoms with Gasteiger partial charge in [0.15, 0.2) is 0 Å². The van der Waals surface area contributed by atoms with Crippen molar-refractivity contribution in [3.05, 3.63) is 66.7 Å². The van der Waals surface area contributed by atoms with Gasteiger partial charge in [0, 0.05) is 5.56 Å². The van der Waals surface area contributed by atoms with Gasteiger partial charge >= 0.3 is 0 Å². The van der Waals surface area contributed by atoms with Crippen LogP contribution in [0, 0.1) is 6.07 Å². The summed E-state index contributed by atoms with van der Waals surface area (Å²) in [5.41, 5.74) is 2.25. The Morgan fingerprint density at radius 3 is 2.84 bits per heavy atom. The van der Waals surface area contributed by atoms with Crippen LogP contribution in [0.3, 0.4) is 0 Å². The standard InChI is InChI=1S/C17H10NS/c1-2-6-13-11-14(10-9-12(13)5-1)17-18-15-7-3-4-8-16(15)19-17/h2-11H. The summed E-state index contributed by atoms with van der Waals surface area (Å²) in [5, 5.41) is 3.53. The molecule has 0 aliphatic carbocycles. The van der Waals surface area contributed by atoms with Crippen LogP contribution in [0.4, 0.5) is 0 Å². The van der Waals surface area contributed by atoms with E-state index in [1.54, 1.807) is 11.3 Å². The normalized spacial score (nSPS) is 11.2. The van der Waals surface area contributed by atoms with Gasteiger partial charge in [-0.3, -0.25) is 0 Å². The van der Waals surface area contributed by atoms with Crippen molar-refractivity contribution in [2.45, 2.75) is 0 Å². The number of thiazole rings is 1. The van der Waals surface area contributed by atoms with E-state index in [0.29, 0.717) is 0 Å². The first-order chi connectivity index (χ1) is 9.40. The van der Waals surface area contributed by atoms with Gasteiger partial charge in [0.2, 0.25) is 0 Å². The smallest absolute Gasteiger partial charge is 0.124 e. The van der Waals surface area contributed by atoms with Crippen molar-refractivity contribution in [3.63, 3.8) is 0 Å². The van der Waals surface area contributed by atoms with Gasteiger partial charge in [0.1, 0.15) is 5.01 Å². The van der Waals surface area contributed by atoms with Crippen LogP contribution in [0.15, 0.2) is 60.7 Å². The highest BCUT2D eigenvalue weighted by Gasteiger charge is 2.06. The van der Waals surface area contributed by atoms with Crippen LogP contribution in [-0.4, -0.2) is 4.98 Å². The molecule has 2 heteroatoms. The maximum atomic E-state index is 4.70. The Hall–Kier alpha value is -2.19. The molecule has 0 unspecified atom stereocenters. The SMILES string of the molecule is [c]1ccc2cc(-c3nc4ccccc4s3)ccc2c1. The topological polar surface area (TPSA) is 12.9 Å². The van der Waals surface area contributed by atoms with Crippen molar-refractivity contribution in [1.29, 1.82) is 0 Å². The third-order valence-corrected chi connectivity index (χ3v) is 4.31. The molecular weight excluding hydrogens is 250 g/mol. The van der Waals surface area contributed by atoms with E-state index in [0.717, 1.165) is 10.5 Å². The predicted octanol–water partition coefficient (Wildman–Crippen LogP) is 4.92. The quantitative estimate of drug-likeness (QED) is 0.473. The Bertz CT molecular complexity index is 843. The molecule has 4 aromatic rings. The van der Waals surface area contributed by atoms with E-state index >= 15 is 0 Å². The molecule has 1 nitrogen and oxygen atoms in total. The highest BCUT2D eigenvalue weighted by molar-refractivity contribution is 7.21. The number of hydrogen-bond donors (Lipinski definition) is 0. The summed E-state index contributed by atoms with van der Waals surface area (Å²) >= 11 is 1.74. The molecule has 0 aliphatic rings. The summed E-state index contributed by atoms with van der Waals surface area (Å²) < 4.78 is 1.24. The van der Waals surface area contributed by atoms with Gasteiger partial charge in [-0.05, 0) is 41.1 Å². The highest BCUT2D eigenvalue weighted by atomic mass is 32.1. The lowest BCUT2D eigenvalue weighted by molar-refractivity contribution is 1.48. The third kappa shape index (κ3) is 1.81. The predicted molar refractivity (Wildman–Crippen MR) is 81.4 cm³/mol. The molecule has 0 bridgehead atoms. The fourth-order valence-corrected chi connectivity index (χ4v) is 3.22. The fourth-order valence-electron chi connectivity index (χ4n) is 2.26. The van der Waals surface area contributed by atoms with Gasteiger partial charge < -0.3 is 0 Å². The lowest BCUT2D eigenvalue weighted by Gasteiger charge is -1.99. The molecule has 19 heavy (non-hydrogen) atoms. The van der Waals surface area contributed by atoms with Crippen molar-refractivity contribution in [2.75, 3.05) is 0 Å². The first kappa shape index (κ1) is 10.7. The van der Waals surface area contributed by atoms with E-state index in [9.17, 15) is 0 Å². The fraction of sp³-hybridized carbons (Fsp3) is 0. The largest absolute Gasteiger partial charge is 0.236 e. The zero-order chi connectivity index (χ0) is 12.7. The van der Waals surface area contributed by atoms with Gasteiger partial charge in [-0.15, -0.1) is 11.3 Å². The molecule has 4 rings (SSSR count). The Balaban J connectivity index is 1.93. The second-order valence-corrected chi connectivity index (χ2v) is 5.51. The number of para-hydroxylation sites is 1. The average Bonchev–Trinajstić information content (AvgIpc) is 2.90. The molecule has 1 aromatic heterocycles. The van der Waals surface area contributed by atoms with Crippen LogP contribution >= 0.6 is 11.3 Å². The highest BCUT2D eigenvalue weighted by Crippen LogP contribution is 2.31. The molecule has 3 aromatic carbocycles. The van der Waals surface area contributed by atoms with Gasteiger partial charge in [-0.1, -0.05) is 36.4 Å². The van der Waals surface area contributed by atoms with Crippen molar-refractivity contribution in [2.24, 2.45) is 0 Å². The maximum Gasteiger partial charge on any atom is 0.124 e. The van der Waals surface area contributed by atoms with E-state index in [1.165, 1.54) is 21.0 Å². The molecule has 0 saturated heterocycles. The van der Waals surface area contributed by atoms with Crippen LogP contribution in [0.2, 0.25) is 0 Å². The van der Waals surface area contributed by atoms with E-state index in [-0.39, 0.29) is 0 Å². The first-order valence-electron chi connectivity index (χ1n) is 6.16. The van der Waals surface area contributed by atoms with Crippen LogP contribution in [0.1, 0.15) is 0 Å². The van der Waals surface area contributed by atoms with Gasteiger partial charge in [-0.25, -0.2) is 4.98 Å². The Morgan fingerprint density at radius 1 is 0.947 bits per heavy atom. The molecule has 0 saturated carbocycles. The van der Waals surface area contributed by atoms with Crippen LogP contribution in [0.25, 0.3) is 31.6 Å². The van der Waals surface area contributed by atoms with Crippen LogP contribution in [0.5, 0.6) is 0 Å². The molecule has 0 amide bonds. The third-order valence-electron chi connectivity index (χ3n) is 3.23. The summed E-state index contributed by atoms with van der Waals surface area (Å²) in [6.07, 6.45) is 0. The molecule has 0 fully saturated rings. The lowest BCUT2D eigenvalue weighted by Crippen LogP contribution is -1.77. The second kappa shape index (κ2) is 4.18. The molecule has 1 heterocycles. The Morgan fingerprint density at radius 2 is 1.89 bits per heavy atom. The number of rotatable bonds is 1. The molecule has 0 N–H and O–H groups in total. The number of aromatic nitrogens is 1. The van der Waals surface area contributed by atoms with E-state index in [4.69, 9.17) is 4.98 Å². The monoisotopic (exact) mass is 260 g/mol. The Kier molecular flexibility index (Phi) is 2.35. The summed E-state index contributed by atoms with van der Waals surface area (Å²) in [6, 6.07) is 23.9. The van der Waals surface area contributed by atoms with Gasteiger partial charge in [0.25, 0.3) is 0 Å². The zero-order valence-corrected chi connectivity index (χ0v) is 10.9. The summed E-state index contributed by atoms with van der Waals surface area (Å²) in [6.45, 7) is 0. The number of hydrogen-bond acceptors (Lipinski definition) is 2. The molecule has 0 aliphatic heterocycles. The maximum absolute atomic E-state index is 4.70. The minimum absolute atomic E-state index is 1.07. The number of fused-ring (bicyclic) bond motifs is 2. The van der Waals surface area contributed by atoms with E-state index in [2.05, 4.69) is 48.5 Å². The van der Waals surface area contributed by atoms with Crippen LogP contribution in [-0.2, 0) is 0 Å². The van der Waals surface area contributed by atoms with Crippen molar-refractivity contribution >= 4 is 32.3 Å². The summed E-state index contributed by atoms with van der Waals surface area (Å²) in [5.74, 6) is 0. The van der Waals surface area contributed by atoms with Crippen LogP contribution < -0.4 is 0 Å². The molecule has 1 radical (unpaired) electrons. The minimum atomic E-state index is 1.07. The molecule has 0 spiro atoms. The Labute approximate surface area is 115 Å². The zero-order valence-electron chi connectivity index (χ0n) is 10.1. The first-order valence-corrected chi connectivity index (χ1v) is 6.98. The lowest BCUT2D eigenvalue weighted by atomic mass is 10.1. The number of nitrogens with zero attached hydrogens (tertiary/aromatic N) is 1. The summed E-state index contributed by atoms with van der Waals surface area (Å²) in [7, 11) is 0. The molecule has 89 valence electrons. The average molecular weight is 260 g/mol. The summed E-state index contributed by atoms with van der Waals surface area (Å²) in [4.78, 5) is 4.70. The van der Waals surface area contributed by atoms with Crippen molar-refractivity contribution < 1.29 is 0 Å². The molecule has 0 atom stereocenters. The second-order valence-electron chi connectivity index (χ2n) is 4.47. The van der Waals surface area contributed by atoms with E-state index in [1.807, 2.05) is 18.2 Å². The number of benzene rings is 3. The van der Waals surface area contributed by atoms with Crippen molar-refractivity contribution in [3.8, 4) is 10.6 Å². The van der Waals surface area contributed by atoms with E-state index < -0.39 is 0 Å². The van der Waals surface area contributed by atoms with Gasteiger partial charge in [-0.2, -0.15) is 0 Å². The van der Waals surface area contributed by atoms with Crippen molar-refractivity contribution in [1.82, 2.24) is 4.98 Å². The minimum Gasteiger partial charge on any atom is -0.236 e.